The molecule has 0 radical (unpaired) electrons. The van der Waals surface area contributed by atoms with Crippen LogP contribution in [0.3, 0.4) is 0 Å². The van der Waals surface area contributed by atoms with Gasteiger partial charge >= 0.3 is 6.03 Å². The number of hydrogen-bond donors (Lipinski definition) is 2. The van der Waals surface area contributed by atoms with Gasteiger partial charge in [0.25, 0.3) is 0 Å². The van der Waals surface area contributed by atoms with Crippen LogP contribution < -0.4 is 10.6 Å². The van der Waals surface area contributed by atoms with E-state index in [0.717, 1.165) is 18.5 Å². The molecule has 2 heterocycles. The van der Waals surface area contributed by atoms with E-state index in [4.69, 9.17) is 0 Å². The van der Waals surface area contributed by atoms with Gasteiger partial charge in [-0.1, -0.05) is 36.4 Å². The average molecular weight is 324 g/mol. The molecule has 1 aliphatic heterocycles. The monoisotopic (exact) mass is 324 g/mol. The summed E-state index contributed by atoms with van der Waals surface area (Å²) in [6, 6.07) is 14.4. The standard InChI is InChI=1S/C18H20N4O2/c23-17-10-6-12-22(17)13-15(14-7-2-1-3-8-14)20-18(24)21-16-9-4-5-11-19-16/h1-5,7-9,11,15H,6,10,12-13H2,(H2,19,20,21,24). The van der Waals surface area contributed by atoms with E-state index >= 15 is 0 Å². The molecule has 3 rings (SSSR count). The highest BCUT2D eigenvalue weighted by Crippen LogP contribution is 2.18. The number of nitrogens with one attached hydrogen (secondary N) is 2. The summed E-state index contributed by atoms with van der Waals surface area (Å²) in [6.07, 6.45) is 3.08. The van der Waals surface area contributed by atoms with Crippen LogP contribution in [0.15, 0.2) is 54.7 Å². The maximum absolute atomic E-state index is 12.3. The smallest absolute Gasteiger partial charge is 0.320 e. The second-order valence-electron chi connectivity index (χ2n) is 5.72. The summed E-state index contributed by atoms with van der Waals surface area (Å²) in [5.74, 6) is 0.627. The third kappa shape index (κ3) is 4.10. The molecular weight excluding hydrogens is 304 g/mol. The first-order valence-corrected chi connectivity index (χ1v) is 8.03. The van der Waals surface area contributed by atoms with Crippen molar-refractivity contribution in [1.82, 2.24) is 15.2 Å². The molecule has 1 atom stereocenters. The van der Waals surface area contributed by atoms with Gasteiger partial charge in [0.2, 0.25) is 5.91 Å². The quantitative estimate of drug-likeness (QED) is 0.887. The van der Waals surface area contributed by atoms with Crippen LogP contribution in [0.25, 0.3) is 0 Å². The number of likely N-dealkylation sites (tertiary alicyclic amines) is 1. The van der Waals surface area contributed by atoms with Gasteiger partial charge in [0, 0.05) is 25.7 Å². The summed E-state index contributed by atoms with van der Waals surface area (Å²) in [6.45, 7) is 1.21. The molecule has 0 bridgehead atoms. The second-order valence-corrected chi connectivity index (χ2v) is 5.72. The molecule has 2 N–H and O–H groups in total. The van der Waals surface area contributed by atoms with Crippen molar-refractivity contribution in [3.63, 3.8) is 0 Å². The third-order valence-corrected chi connectivity index (χ3v) is 3.99. The van der Waals surface area contributed by atoms with Gasteiger partial charge < -0.3 is 10.2 Å². The van der Waals surface area contributed by atoms with Crippen LogP contribution in [0.1, 0.15) is 24.4 Å². The number of hydrogen-bond acceptors (Lipinski definition) is 3. The van der Waals surface area contributed by atoms with Gasteiger partial charge in [-0.3, -0.25) is 10.1 Å². The summed E-state index contributed by atoms with van der Waals surface area (Å²) >= 11 is 0. The fourth-order valence-corrected chi connectivity index (χ4v) is 2.78. The minimum absolute atomic E-state index is 0.142. The number of urea groups is 1. The molecule has 6 heteroatoms. The van der Waals surface area contributed by atoms with Gasteiger partial charge in [-0.25, -0.2) is 9.78 Å². The van der Waals surface area contributed by atoms with Gasteiger partial charge in [0.15, 0.2) is 0 Å². The first-order valence-electron chi connectivity index (χ1n) is 8.03. The summed E-state index contributed by atoms with van der Waals surface area (Å²) in [4.78, 5) is 30.1. The molecule has 1 fully saturated rings. The van der Waals surface area contributed by atoms with Gasteiger partial charge in [-0.05, 0) is 24.1 Å². The highest BCUT2D eigenvalue weighted by Gasteiger charge is 2.25. The Morgan fingerprint density at radius 2 is 1.96 bits per heavy atom. The van der Waals surface area contributed by atoms with E-state index in [0.29, 0.717) is 18.8 Å². The molecule has 0 spiro atoms. The molecule has 2 aromatic rings. The molecule has 6 nitrogen and oxygen atoms in total. The van der Waals surface area contributed by atoms with Crippen molar-refractivity contribution < 1.29 is 9.59 Å². The van der Waals surface area contributed by atoms with Gasteiger partial charge in [0.1, 0.15) is 5.82 Å². The molecular formula is C18H20N4O2. The predicted octanol–water partition coefficient (Wildman–Crippen LogP) is 2.57. The van der Waals surface area contributed by atoms with E-state index in [-0.39, 0.29) is 18.0 Å². The van der Waals surface area contributed by atoms with Crippen LogP contribution in [0, 0.1) is 0 Å². The SMILES string of the molecule is O=C(Nc1ccccn1)NC(CN1CCCC1=O)c1ccccc1. The van der Waals surface area contributed by atoms with E-state index in [9.17, 15) is 9.59 Å². The lowest BCUT2D eigenvalue weighted by Crippen LogP contribution is -2.40. The van der Waals surface area contributed by atoms with E-state index < -0.39 is 0 Å². The van der Waals surface area contributed by atoms with E-state index in [1.54, 1.807) is 29.3 Å². The zero-order valence-corrected chi connectivity index (χ0v) is 13.3. The topological polar surface area (TPSA) is 74.3 Å². The van der Waals surface area contributed by atoms with E-state index in [1.165, 1.54) is 0 Å². The minimum Gasteiger partial charge on any atom is -0.340 e. The van der Waals surface area contributed by atoms with Crippen molar-refractivity contribution in [3.05, 3.63) is 60.3 Å². The summed E-state index contributed by atoms with van der Waals surface area (Å²) in [5.41, 5.74) is 0.966. The van der Waals surface area contributed by atoms with E-state index in [1.807, 2.05) is 30.3 Å². The van der Waals surface area contributed by atoms with Crippen molar-refractivity contribution in [2.24, 2.45) is 0 Å². The Bertz CT molecular complexity index is 691. The van der Waals surface area contributed by atoms with Crippen molar-refractivity contribution in [2.75, 3.05) is 18.4 Å². The lowest BCUT2D eigenvalue weighted by Gasteiger charge is -2.25. The average Bonchev–Trinajstić information content (AvgIpc) is 3.01. The Morgan fingerprint density at radius 3 is 2.62 bits per heavy atom. The Balaban J connectivity index is 1.69. The zero-order chi connectivity index (χ0) is 16.8. The van der Waals surface area contributed by atoms with E-state index in [2.05, 4.69) is 15.6 Å². The fourth-order valence-electron chi connectivity index (χ4n) is 2.78. The summed E-state index contributed by atoms with van der Waals surface area (Å²) in [7, 11) is 0. The fraction of sp³-hybridized carbons (Fsp3) is 0.278. The number of benzene rings is 1. The molecule has 24 heavy (non-hydrogen) atoms. The number of carbonyl (C=O) groups excluding carboxylic acids is 2. The maximum Gasteiger partial charge on any atom is 0.320 e. The van der Waals surface area contributed by atoms with Crippen LogP contribution in [0.5, 0.6) is 0 Å². The minimum atomic E-state index is -0.339. The molecule has 0 saturated carbocycles. The highest BCUT2D eigenvalue weighted by atomic mass is 16.2. The van der Waals surface area contributed by atoms with Crippen LogP contribution in [-0.2, 0) is 4.79 Å². The van der Waals surface area contributed by atoms with Gasteiger partial charge in [-0.15, -0.1) is 0 Å². The van der Waals surface area contributed by atoms with Gasteiger partial charge in [-0.2, -0.15) is 0 Å². The number of anilines is 1. The van der Waals surface area contributed by atoms with Crippen LogP contribution in [0.4, 0.5) is 10.6 Å². The molecule has 1 aliphatic rings. The molecule has 1 aromatic heterocycles. The largest absolute Gasteiger partial charge is 0.340 e. The Labute approximate surface area is 140 Å². The lowest BCUT2D eigenvalue weighted by atomic mass is 10.1. The molecule has 124 valence electrons. The van der Waals surface area contributed by atoms with Crippen molar-refractivity contribution >= 4 is 17.8 Å². The highest BCUT2D eigenvalue weighted by molar-refractivity contribution is 5.88. The van der Waals surface area contributed by atoms with Crippen LogP contribution in [-0.4, -0.2) is 34.9 Å². The molecule has 3 amide bonds. The Morgan fingerprint density at radius 1 is 1.17 bits per heavy atom. The summed E-state index contributed by atoms with van der Waals surface area (Å²) in [5, 5.41) is 5.66. The zero-order valence-electron chi connectivity index (χ0n) is 13.3. The van der Waals surface area contributed by atoms with Crippen molar-refractivity contribution in [1.29, 1.82) is 0 Å². The normalized spacial score (nSPS) is 15.2. The number of rotatable bonds is 5. The number of pyridine rings is 1. The number of amides is 3. The molecule has 1 aromatic carbocycles. The second kappa shape index (κ2) is 7.59. The third-order valence-electron chi connectivity index (χ3n) is 3.99. The van der Waals surface area contributed by atoms with Crippen molar-refractivity contribution in [2.45, 2.75) is 18.9 Å². The number of carbonyl (C=O) groups is 2. The molecule has 1 unspecified atom stereocenters. The predicted molar refractivity (Wildman–Crippen MR) is 91.4 cm³/mol. The van der Waals surface area contributed by atoms with Gasteiger partial charge in [0.05, 0.1) is 6.04 Å². The Kier molecular flexibility index (Phi) is 5.05. The maximum atomic E-state index is 12.3. The van der Waals surface area contributed by atoms with Crippen LogP contribution in [0.2, 0.25) is 0 Å². The molecule has 1 saturated heterocycles. The summed E-state index contributed by atoms with van der Waals surface area (Å²) < 4.78 is 0. The van der Waals surface area contributed by atoms with Crippen molar-refractivity contribution in [3.8, 4) is 0 Å². The molecule has 0 aliphatic carbocycles. The Hall–Kier alpha value is -2.89. The number of nitrogens with zero attached hydrogens (tertiary/aromatic N) is 2. The first kappa shape index (κ1) is 16.0. The number of aromatic nitrogens is 1. The van der Waals surface area contributed by atoms with Crippen LogP contribution >= 0.6 is 0 Å². The first-order chi connectivity index (χ1) is 11.7. The lowest BCUT2D eigenvalue weighted by molar-refractivity contribution is -0.128.